The molecule has 1 aliphatic heterocycles. The van der Waals surface area contributed by atoms with Crippen molar-refractivity contribution in [2.45, 2.75) is 52.2 Å². The number of Topliss-reactive ketones (excluding diaryl/α,β-unsaturated/α-hetero) is 1. The molecule has 1 atom stereocenters. The van der Waals surface area contributed by atoms with Gasteiger partial charge in [0.1, 0.15) is 0 Å². The Bertz CT molecular complexity index is 745. The standard InChI is InChI=1S/C20H25NO3S2/c1-14-11-18(15(2)26-14)19(22)7-8-20(23)21(12-16-5-3-9-24-16)13-17-6-4-10-25-17/h4,6,10-11,16H,3,5,7-9,12-13H2,1-2H3. The van der Waals surface area contributed by atoms with Crippen molar-refractivity contribution in [1.29, 1.82) is 0 Å². The van der Waals surface area contributed by atoms with E-state index in [4.69, 9.17) is 4.74 Å². The Morgan fingerprint density at radius 1 is 1.31 bits per heavy atom. The van der Waals surface area contributed by atoms with E-state index in [0.29, 0.717) is 13.1 Å². The fourth-order valence-corrected chi connectivity index (χ4v) is 4.96. The number of nitrogens with zero attached hydrogens (tertiary/aromatic N) is 1. The molecule has 2 aromatic heterocycles. The van der Waals surface area contributed by atoms with Crippen LogP contribution in [0.4, 0.5) is 0 Å². The third-order valence-electron chi connectivity index (χ3n) is 4.63. The molecule has 1 fully saturated rings. The van der Waals surface area contributed by atoms with Gasteiger partial charge in [-0.15, -0.1) is 22.7 Å². The quantitative estimate of drug-likeness (QED) is 0.618. The van der Waals surface area contributed by atoms with E-state index in [-0.39, 0.29) is 30.6 Å². The number of amides is 1. The number of rotatable bonds is 8. The van der Waals surface area contributed by atoms with Crippen LogP contribution in [0.5, 0.6) is 0 Å². The van der Waals surface area contributed by atoms with Crippen LogP contribution in [0.3, 0.4) is 0 Å². The molecule has 0 spiro atoms. The van der Waals surface area contributed by atoms with Gasteiger partial charge in [-0.05, 0) is 44.2 Å². The van der Waals surface area contributed by atoms with Gasteiger partial charge in [-0.3, -0.25) is 9.59 Å². The van der Waals surface area contributed by atoms with Crippen LogP contribution < -0.4 is 0 Å². The summed E-state index contributed by atoms with van der Waals surface area (Å²) in [6, 6.07) is 5.98. The molecular formula is C20H25NO3S2. The third kappa shape index (κ3) is 5.02. The minimum absolute atomic E-state index is 0.0341. The average Bonchev–Trinajstić information content (AvgIpc) is 3.35. The Kier molecular flexibility index (Phi) is 6.62. The first-order chi connectivity index (χ1) is 12.5. The van der Waals surface area contributed by atoms with E-state index >= 15 is 0 Å². The van der Waals surface area contributed by atoms with E-state index in [9.17, 15) is 9.59 Å². The first-order valence-electron chi connectivity index (χ1n) is 9.05. The maximum Gasteiger partial charge on any atom is 0.223 e. The Morgan fingerprint density at radius 2 is 2.15 bits per heavy atom. The minimum Gasteiger partial charge on any atom is -0.376 e. The van der Waals surface area contributed by atoms with Gasteiger partial charge < -0.3 is 9.64 Å². The first kappa shape index (κ1) is 19.3. The van der Waals surface area contributed by atoms with Crippen LogP contribution in [0.25, 0.3) is 0 Å². The molecule has 0 aromatic carbocycles. The van der Waals surface area contributed by atoms with Crippen LogP contribution in [0, 0.1) is 13.8 Å². The molecule has 0 N–H and O–H groups in total. The molecule has 1 saturated heterocycles. The summed E-state index contributed by atoms with van der Waals surface area (Å²) in [4.78, 5) is 30.5. The number of hydrogen-bond acceptors (Lipinski definition) is 5. The van der Waals surface area contributed by atoms with Gasteiger partial charge in [0.15, 0.2) is 5.78 Å². The van der Waals surface area contributed by atoms with Gasteiger partial charge in [0.25, 0.3) is 0 Å². The number of ether oxygens (including phenoxy) is 1. The molecule has 26 heavy (non-hydrogen) atoms. The Morgan fingerprint density at radius 3 is 2.77 bits per heavy atom. The lowest BCUT2D eigenvalue weighted by Gasteiger charge is -2.25. The molecule has 1 amide bonds. The van der Waals surface area contributed by atoms with Crippen molar-refractivity contribution in [2.75, 3.05) is 13.2 Å². The second kappa shape index (κ2) is 8.93. The Labute approximate surface area is 162 Å². The van der Waals surface area contributed by atoms with Crippen molar-refractivity contribution in [3.8, 4) is 0 Å². The van der Waals surface area contributed by atoms with Crippen molar-refractivity contribution in [1.82, 2.24) is 4.90 Å². The predicted molar refractivity (Wildman–Crippen MR) is 106 cm³/mol. The average molecular weight is 392 g/mol. The molecule has 4 nitrogen and oxygen atoms in total. The first-order valence-corrected chi connectivity index (χ1v) is 10.7. The van der Waals surface area contributed by atoms with Crippen LogP contribution in [-0.2, 0) is 16.1 Å². The Hall–Kier alpha value is -1.50. The van der Waals surface area contributed by atoms with E-state index in [0.717, 1.165) is 39.6 Å². The van der Waals surface area contributed by atoms with Crippen LogP contribution >= 0.6 is 22.7 Å². The zero-order chi connectivity index (χ0) is 18.5. The highest BCUT2D eigenvalue weighted by Crippen LogP contribution is 2.23. The van der Waals surface area contributed by atoms with Crippen LogP contribution in [-0.4, -0.2) is 35.8 Å². The molecule has 1 unspecified atom stereocenters. The fourth-order valence-electron chi connectivity index (χ4n) is 3.30. The lowest BCUT2D eigenvalue weighted by atomic mass is 10.1. The molecule has 140 valence electrons. The monoisotopic (exact) mass is 391 g/mol. The van der Waals surface area contributed by atoms with E-state index in [1.165, 1.54) is 0 Å². The topological polar surface area (TPSA) is 46.6 Å². The molecule has 6 heteroatoms. The van der Waals surface area contributed by atoms with Crippen molar-refractivity contribution in [3.63, 3.8) is 0 Å². The lowest BCUT2D eigenvalue weighted by molar-refractivity contribution is -0.133. The summed E-state index contributed by atoms with van der Waals surface area (Å²) < 4.78 is 5.71. The predicted octanol–water partition coefficient (Wildman–Crippen LogP) is 4.60. The van der Waals surface area contributed by atoms with Gasteiger partial charge in [-0.1, -0.05) is 6.07 Å². The van der Waals surface area contributed by atoms with Crippen molar-refractivity contribution in [2.24, 2.45) is 0 Å². The summed E-state index contributed by atoms with van der Waals surface area (Å²) in [5.74, 6) is 0.0974. The van der Waals surface area contributed by atoms with E-state index in [1.54, 1.807) is 22.7 Å². The number of hydrogen-bond donors (Lipinski definition) is 0. The number of ketones is 1. The summed E-state index contributed by atoms with van der Waals surface area (Å²) in [6.45, 7) is 5.96. The SMILES string of the molecule is Cc1cc(C(=O)CCC(=O)N(Cc2cccs2)CC2CCCO2)c(C)s1. The number of aryl methyl sites for hydroxylation is 2. The van der Waals surface area contributed by atoms with Gasteiger partial charge in [-0.25, -0.2) is 0 Å². The van der Waals surface area contributed by atoms with E-state index in [1.807, 2.05) is 42.3 Å². The molecule has 3 heterocycles. The van der Waals surface area contributed by atoms with Crippen molar-refractivity contribution >= 4 is 34.4 Å². The van der Waals surface area contributed by atoms with Crippen molar-refractivity contribution in [3.05, 3.63) is 43.8 Å². The second-order valence-electron chi connectivity index (χ2n) is 6.74. The summed E-state index contributed by atoms with van der Waals surface area (Å²) in [6.07, 6.45) is 2.70. The zero-order valence-corrected chi connectivity index (χ0v) is 17.0. The maximum absolute atomic E-state index is 12.8. The highest BCUT2D eigenvalue weighted by atomic mass is 32.1. The van der Waals surface area contributed by atoms with Gasteiger partial charge in [0.2, 0.25) is 5.91 Å². The van der Waals surface area contributed by atoms with Gasteiger partial charge in [0.05, 0.1) is 12.6 Å². The highest BCUT2D eigenvalue weighted by Gasteiger charge is 2.24. The summed E-state index contributed by atoms with van der Waals surface area (Å²) in [5.41, 5.74) is 0.768. The molecule has 1 aliphatic rings. The fraction of sp³-hybridized carbons (Fsp3) is 0.500. The normalized spacial score (nSPS) is 16.8. The van der Waals surface area contributed by atoms with E-state index in [2.05, 4.69) is 0 Å². The lowest BCUT2D eigenvalue weighted by Crippen LogP contribution is -2.36. The van der Waals surface area contributed by atoms with Gasteiger partial charge in [0, 0.05) is 46.2 Å². The molecule has 2 aromatic rings. The number of thiophene rings is 2. The number of carbonyl (C=O) groups is 2. The third-order valence-corrected chi connectivity index (χ3v) is 6.46. The van der Waals surface area contributed by atoms with Crippen molar-refractivity contribution < 1.29 is 14.3 Å². The minimum atomic E-state index is 0.0341. The molecule has 0 bridgehead atoms. The van der Waals surface area contributed by atoms with Crippen LogP contribution in [0.1, 0.15) is 50.7 Å². The summed E-state index contributed by atoms with van der Waals surface area (Å²) in [7, 11) is 0. The molecule has 0 aliphatic carbocycles. The summed E-state index contributed by atoms with van der Waals surface area (Å²) >= 11 is 3.28. The summed E-state index contributed by atoms with van der Waals surface area (Å²) in [5, 5.41) is 2.02. The Balaban J connectivity index is 1.60. The number of carbonyl (C=O) groups excluding carboxylic acids is 2. The smallest absolute Gasteiger partial charge is 0.223 e. The molecule has 0 saturated carbocycles. The van der Waals surface area contributed by atoms with Gasteiger partial charge in [-0.2, -0.15) is 0 Å². The maximum atomic E-state index is 12.8. The second-order valence-corrected chi connectivity index (χ2v) is 9.23. The molecule has 0 radical (unpaired) electrons. The molecule has 3 rings (SSSR count). The zero-order valence-electron chi connectivity index (χ0n) is 15.3. The highest BCUT2D eigenvalue weighted by molar-refractivity contribution is 7.12. The van der Waals surface area contributed by atoms with E-state index < -0.39 is 0 Å². The largest absolute Gasteiger partial charge is 0.376 e. The van der Waals surface area contributed by atoms with Crippen LogP contribution in [0.15, 0.2) is 23.6 Å². The molecular weight excluding hydrogens is 366 g/mol. The van der Waals surface area contributed by atoms with Gasteiger partial charge >= 0.3 is 0 Å². The van der Waals surface area contributed by atoms with Crippen LogP contribution in [0.2, 0.25) is 0 Å².